The van der Waals surface area contributed by atoms with Crippen LogP contribution in [0.2, 0.25) is 0 Å². The number of likely N-dealkylation sites (tertiary alicyclic amines) is 1. The van der Waals surface area contributed by atoms with Gasteiger partial charge in [-0.2, -0.15) is 5.10 Å². The van der Waals surface area contributed by atoms with Gasteiger partial charge in [0.05, 0.1) is 18.3 Å². The van der Waals surface area contributed by atoms with Crippen LogP contribution < -0.4 is 15.0 Å². The third-order valence-corrected chi connectivity index (χ3v) is 5.95. The van der Waals surface area contributed by atoms with E-state index in [0.717, 1.165) is 31.2 Å². The molecular formula is C22H25N3O5. The summed E-state index contributed by atoms with van der Waals surface area (Å²) in [4.78, 5) is 27.2. The maximum Gasteiger partial charge on any atom is 0.266 e. The Bertz CT molecular complexity index is 999. The monoisotopic (exact) mass is 411 g/mol. The Labute approximate surface area is 174 Å². The molecule has 3 aliphatic heterocycles. The van der Waals surface area contributed by atoms with Crippen molar-refractivity contribution in [2.75, 3.05) is 26.4 Å². The van der Waals surface area contributed by atoms with Gasteiger partial charge >= 0.3 is 0 Å². The summed E-state index contributed by atoms with van der Waals surface area (Å²) in [5.41, 5.74) is 1.36. The molecule has 4 heterocycles. The molecule has 2 aromatic rings. The van der Waals surface area contributed by atoms with Crippen molar-refractivity contribution in [3.8, 4) is 22.8 Å². The second kappa shape index (κ2) is 8.10. The largest absolute Gasteiger partial charge is 0.486 e. The van der Waals surface area contributed by atoms with Crippen molar-refractivity contribution < 1.29 is 19.0 Å². The number of nitrogens with zero attached hydrogens (tertiary/aromatic N) is 3. The van der Waals surface area contributed by atoms with Crippen molar-refractivity contribution in [1.82, 2.24) is 14.7 Å². The molecule has 158 valence electrons. The van der Waals surface area contributed by atoms with E-state index in [4.69, 9.17) is 14.2 Å². The molecule has 2 fully saturated rings. The summed E-state index contributed by atoms with van der Waals surface area (Å²) < 4.78 is 18.3. The fraction of sp³-hybridized carbons (Fsp3) is 0.500. The van der Waals surface area contributed by atoms with Crippen LogP contribution in [-0.4, -0.2) is 59.1 Å². The lowest BCUT2D eigenvalue weighted by atomic mass is 10.1. The molecule has 0 saturated carbocycles. The first kappa shape index (κ1) is 19.1. The molecule has 0 spiro atoms. The molecule has 1 amide bonds. The summed E-state index contributed by atoms with van der Waals surface area (Å²) in [6.45, 7) is 2.79. The molecule has 0 bridgehead atoms. The van der Waals surface area contributed by atoms with Gasteiger partial charge in [0.1, 0.15) is 19.3 Å². The summed E-state index contributed by atoms with van der Waals surface area (Å²) in [5.74, 6) is 1.45. The van der Waals surface area contributed by atoms with Crippen LogP contribution in [0.3, 0.4) is 0 Å². The molecule has 30 heavy (non-hydrogen) atoms. The Morgan fingerprint density at radius 3 is 2.73 bits per heavy atom. The molecule has 0 unspecified atom stereocenters. The third kappa shape index (κ3) is 3.67. The zero-order chi connectivity index (χ0) is 20.5. The zero-order valence-corrected chi connectivity index (χ0v) is 16.8. The summed E-state index contributed by atoms with van der Waals surface area (Å²) in [6, 6.07) is 8.86. The minimum atomic E-state index is -0.334. The maximum atomic E-state index is 12.8. The van der Waals surface area contributed by atoms with Gasteiger partial charge in [-0.05, 0) is 49.9 Å². The van der Waals surface area contributed by atoms with Crippen molar-refractivity contribution in [1.29, 1.82) is 0 Å². The first-order valence-corrected chi connectivity index (χ1v) is 10.6. The highest BCUT2D eigenvalue weighted by Crippen LogP contribution is 2.33. The molecule has 0 radical (unpaired) electrons. The van der Waals surface area contributed by atoms with Crippen LogP contribution in [0.1, 0.15) is 25.7 Å². The number of carbonyl (C=O) groups excluding carboxylic acids is 1. The van der Waals surface area contributed by atoms with Crippen molar-refractivity contribution in [2.24, 2.45) is 0 Å². The zero-order valence-electron chi connectivity index (χ0n) is 16.8. The van der Waals surface area contributed by atoms with E-state index in [-0.39, 0.29) is 23.6 Å². The van der Waals surface area contributed by atoms with Gasteiger partial charge < -0.3 is 19.1 Å². The van der Waals surface area contributed by atoms with Crippen molar-refractivity contribution in [3.63, 3.8) is 0 Å². The number of carbonyl (C=O) groups is 1. The second-order valence-electron chi connectivity index (χ2n) is 7.93. The van der Waals surface area contributed by atoms with Crippen LogP contribution in [0.5, 0.6) is 11.5 Å². The van der Waals surface area contributed by atoms with E-state index < -0.39 is 0 Å². The van der Waals surface area contributed by atoms with E-state index in [0.29, 0.717) is 50.1 Å². The number of fused-ring (bicyclic) bond motifs is 1. The Kier molecular flexibility index (Phi) is 5.16. The smallest absolute Gasteiger partial charge is 0.266 e. The predicted molar refractivity (Wildman–Crippen MR) is 109 cm³/mol. The lowest BCUT2D eigenvalue weighted by molar-refractivity contribution is -0.142. The lowest BCUT2D eigenvalue weighted by Crippen LogP contribution is -2.45. The third-order valence-electron chi connectivity index (χ3n) is 5.95. The van der Waals surface area contributed by atoms with E-state index >= 15 is 0 Å². The SMILES string of the molecule is O=C([C@H]1CCCO1)N1CCC[C@H]1Cn1nc(-c2ccc3c(c2)OCCO3)ccc1=O. The number of hydrogen-bond acceptors (Lipinski definition) is 6. The van der Waals surface area contributed by atoms with E-state index in [1.807, 2.05) is 23.1 Å². The van der Waals surface area contributed by atoms with E-state index in [9.17, 15) is 9.59 Å². The van der Waals surface area contributed by atoms with Gasteiger partial charge in [-0.1, -0.05) is 0 Å². The lowest BCUT2D eigenvalue weighted by Gasteiger charge is -2.27. The first-order valence-electron chi connectivity index (χ1n) is 10.6. The quantitative estimate of drug-likeness (QED) is 0.764. The highest BCUT2D eigenvalue weighted by atomic mass is 16.6. The minimum absolute atomic E-state index is 0.0394. The summed E-state index contributed by atoms with van der Waals surface area (Å²) >= 11 is 0. The van der Waals surface area contributed by atoms with Gasteiger partial charge in [0.2, 0.25) is 0 Å². The van der Waals surface area contributed by atoms with Gasteiger partial charge in [0, 0.05) is 24.8 Å². The van der Waals surface area contributed by atoms with Gasteiger partial charge in [0.15, 0.2) is 11.5 Å². The highest BCUT2D eigenvalue weighted by molar-refractivity contribution is 5.81. The van der Waals surface area contributed by atoms with Gasteiger partial charge in [-0.3, -0.25) is 9.59 Å². The van der Waals surface area contributed by atoms with Crippen LogP contribution in [0.4, 0.5) is 0 Å². The number of benzene rings is 1. The molecule has 0 aliphatic carbocycles. The Hall–Kier alpha value is -2.87. The normalized spacial score (nSPS) is 23.0. The van der Waals surface area contributed by atoms with Crippen LogP contribution in [0, 0.1) is 0 Å². The minimum Gasteiger partial charge on any atom is -0.486 e. The summed E-state index contributed by atoms with van der Waals surface area (Å²) in [7, 11) is 0. The van der Waals surface area contributed by atoms with Crippen LogP contribution in [-0.2, 0) is 16.1 Å². The standard InChI is InChI=1S/C22H25N3O5/c26-21-8-6-17(15-5-7-18-20(13-15)30-12-11-29-18)23-25(21)14-16-3-1-9-24(16)22(27)19-4-2-10-28-19/h5-8,13,16,19H,1-4,9-12,14H2/t16-,19+/m0/s1. The van der Waals surface area contributed by atoms with Crippen molar-refractivity contribution >= 4 is 5.91 Å². The molecule has 1 aromatic carbocycles. The van der Waals surface area contributed by atoms with Gasteiger partial charge in [-0.15, -0.1) is 0 Å². The van der Waals surface area contributed by atoms with E-state index in [1.165, 1.54) is 10.7 Å². The molecule has 8 nitrogen and oxygen atoms in total. The average Bonchev–Trinajstić information content (AvgIpc) is 3.47. The Morgan fingerprint density at radius 2 is 1.90 bits per heavy atom. The van der Waals surface area contributed by atoms with Crippen molar-refractivity contribution in [2.45, 2.75) is 44.4 Å². The number of ether oxygens (including phenoxy) is 3. The molecule has 8 heteroatoms. The number of aromatic nitrogens is 2. The predicted octanol–water partition coefficient (Wildman–Crippen LogP) is 1.85. The summed E-state index contributed by atoms with van der Waals surface area (Å²) in [5, 5.41) is 4.58. The van der Waals surface area contributed by atoms with Crippen LogP contribution in [0.15, 0.2) is 35.1 Å². The topological polar surface area (TPSA) is 82.9 Å². The molecule has 1 aromatic heterocycles. The molecule has 5 rings (SSSR count). The molecule has 2 saturated heterocycles. The first-order chi connectivity index (χ1) is 14.7. The molecule has 3 aliphatic rings. The number of rotatable bonds is 4. The molecule has 0 N–H and O–H groups in total. The number of hydrogen-bond donors (Lipinski definition) is 0. The Balaban J connectivity index is 1.37. The number of amides is 1. The fourth-order valence-corrected chi connectivity index (χ4v) is 4.41. The fourth-order valence-electron chi connectivity index (χ4n) is 4.41. The second-order valence-corrected chi connectivity index (χ2v) is 7.93. The van der Waals surface area contributed by atoms with Gasteiger partial charge in [0.25, 0.3) is 11.5 Å². The maximum absolute atomic E-state index is 12.8. The highest BCUT2D eigenvalue weighted by Gasteiger charge is 2.35. The van der Waals surface area contributed by atoms with Crippen LogP contribution >= 0.6 is 0 Å². The van der Waals surface area contributed by atoms with E-state index in [1.54, 1.807) is 6.07 Å². The molecular weight excluding hydrogens is 386 g/mol. The van der Waals surface area contributed by atoms with Gasteiger partial charge in [-0.25, -0.2) is 4.68 Å². The van der Waals surface area contributed by atoms with Crippen molar-refractivity contribution in [3.05, 3.63) is 40.7 Å². The van der Waals surface area contributed by atoms with E-state index in [2.05, 4.69) is 5.10 Å². The molecule has 2 atom stereocenters. The van der Waals surface area contributed by atoms with Crippen LogP contribution in [0.25, 0.3) is 11.3 Å². The Morgan fingerprint density at radius 1 is 1.03 bits per heavy atom. The summed E-state index contributed by atoms with van der Waals surface area (Å²) in [6.07, 6.45) is 3.16. The average molecular weight is 411 g/mol.